The van der Waals surface area contributed by atoms with Crippen LogP contribution in [0.4, 0.5) is 0 Å². The molecule has 1 aromatic rings. The highest BCUT2D eigenvalue weighted by atomic mass is 32.2. The molecule has 0 aromatic carbocycles. The molecule has 0 aliphatic carbocycles. The van der Waals surface area contributed by atoms with Crippen LogP contribution in [-0.4, -0.2) is 39.8 Å². The summed E-state index contributed by atoms with van der Waals surface area (Å²) < 4.78 is 51.2. The van der Waals surface area contributed by atoms with Crippen LogP contribution in [0.5, 0.6) is 0 Å². The number of H-pyrrole nitrogens is 1. The molecule has 1 aliphatic rings. The minimum absolute atomic E-state index is 0.173. The van der Waals surface area contributed by atoms with Crippen molar-refractivity contribution >= 4 is 35.2 Å². The Morgan fingerprint density at radius 2 is 1.88 bits per heavy atom. The van der Waals surface area contributed by atoms with Crippen LogP contribution < -0.4 is 36.6 Å². The van der Waals surface area contributed by atoms with Gasteiger partial charge in [0.15, 0.2) is 0 Å². The van der Waals surface area contributed by atoms with E-state index in [9.17, 15) is 42.9 Å². The van der Waals surface area contributed by atoms with Gasteiger partial charge in [-0.3, -0.25) is 27.8 Å². The number of nitrogens with one attached hydrogen (secondary N) is 1. The molecule has 5 atom stereocenters. The van der Waals surface area contributed by atoms with Gasteiger partial charge in [0.1, 0.15) is 6.23 Å². The SMILES string of the molecule is Cc1cn([C@H]2C[C@H](SCCN)[C@@H](COP(=O)([O-])OP(=O)([O-])OP(=O)([O-])[O-])O2)c(=O)[nH]c1=O. The Morgan fingerprint density at radius 1 is 1.22 bits per heavy atom. The molecule has 184 valence electrons. The van der Waals surface area contributed by atoms with Gasteiger partial charge in [-0.2, -0.15) is 11.8 Å². The molecule has 0 spiro atoms. The molecule has 20 heteroatoms. The lowest BCUT2D eigenvalue weighted by atomic mass is 10.2. The van der Waals surface area contributed by atoms with Crippen LogP contribution in [0.1, 0.15) is 18.2 Å². The van der Waals surface area contributed by atoms with Crippen LogP contribution in [0.15, 0.2) is 15.8 Å². The van der Waals surface area contributed by atoms with Crippen molar-refractivity contribution in [3.05, 3.63) is 32.6 Å². The molecule has 0 amide bonds. The zero-order valence-electron chi connectivity index (χ0n) is 16.2. The quantitative estimate of drug-likeness (QED) is 0.267. The topological polar surface area (TPSA) is 261 Å². The first-order chi connectivity index (χ1) is 14.6. The third kappa shape index (κ3) is 8.29. The normalized spacial score (nSPS) is 25.4. The zero-order valence-corrected chi connectivity index (χ0v) is 19.7. The summed E-state index contributed by atoms with van der Waals surface area (Å²) in [5.74, 6) is 0.425. The van der Waals surface area contributed by atoms with Gasteiger partial charge in [0.25, 0.3) is 21.2 Å². The summed E-state index contributed by atoms with van der Waals surface area (Å²) in [7, 11) is -17.9. The van der Waals surface area contributed by atoms with Crippen LogP contribution in [0.2, 0.25) is 0 Å². The average Bonchev–Trinajstić information content (AvgIpc) is 3.01. The van der Waals surface area contributed by atoms with Crippen molar-refractivity contribution in [2.75, 3.05) is 18.9 Å². The maximum absolute atomic E-state index is 12.1. The Bertz CT molecular complexity index is 1070. The summed E-state index contributed by atoms with van der Waals surface area (Å²) >= 11 is 1.26. The summed E-state index contributed by atoms with van der Waals surface area (Å²) in [6.45, 7) is 0.937. The Labute approximate surface area is 184 Å². The summed E-state index contributed by atoms with van der Waals surface area (Å²) in [4.78, 5) is 69.5. The van der Waals surface area contributed by atoms with E-state index in [4.69, 9.17) is 10.5 Å². The second-order valence-electron chi connectivity index (χ2n) is 6.34. The average molecular weight is 537 g/mol. The van der Waals surface area contributed by atoms with Gasteiger partial charge >= 0.3 is 5.69 Å². The van der Waals surface area contributed by atoms with Crippen molar-refractivity contribution < 1.29 is 51.2 Å². The molecule has 2 heterocycles. The van der Waals surface area contributed by atoms with Gasteiger partial charge in [0.2, 0.25) is 0 Å². The predicted octanol–water partition coefficient (Wildman–Crippen LogP) is -2.99. The van der Waals surface area contributed by atoms with Crippen molar-refractivity contribution in [2.45, 2.75) is 30.9 Å². The number of hydrogen-bond donors (Lipinski definition) is 2. The molecule has 2 rings (SSSR count). The largest absolute Gasteiger partial charge is 0.790 e. The molecule has 32 heavy (non-hydrogen) atoms. The van der Waals surface area contributed by atoms with Crippen molar-refractivity contribution in [1.29, 1.82) is 0 Å². The van der Waals surface area contributed by atoms with Gasteiger partial charge in [-0.05, 0) is 6.92 Å². The first-order valence-corrected chi connectivity index (χ1v) is 14.1. The van der Waals surface area contributed by atoms with E-state index < -0.39 is 58.9 Å². The third-order valence-corrected chi connectivity index (χ3v) is 8.94. The molecule has 1 aromatic heterocycles. The Morgan fingerprint density at radius 3 is 2.47 bits per heavy atom. The van der Waals surface area contributed by atoms with Crippen molar-refractivity contribution in [1.82, 2.24) is 9.55 Å². The molecule has 1 aliphatic heterocycles. The van der Waals surface area contributed by atoms with Crippen molar-refractivity contribution in [3.8, 4) is 0 Å². The Kier molecular flexibility index (Phi) is 9.27. The second kappa shape index (κ2) is 10.7. The smallest absolute Gasteiger partial charge is 0.330 e. The highest BCUT2D eigenvalue weighted by Gasteiger charge is 2.38. The van der Waals surface area contributed by atoms with Crippen LogP contribution in [0.3, 0.4) is 0 Å². The molecule has 0 saturated carbocycles. The minimum atomic E-state index is -6.10. The van der Waals surface area contributed by atoms with Crippen LogP contribution in [0, 0.1) is 6.92 Å². The number of phosphoric ester groups is 1. The van der Waals surface area contributed by atoms with E-state index in [0.29, 0.717) is 5.75 Å². The number of thioether (sulfide) groups is 1. The molecular formula is C12H18N3O13P3S-4. The molecule has 1 fully saturated rings. The molecule has 2 unspecified atom stereocenters. The first-order valence-electron chi connectivity index (χ1n) is 8.63. The maximum Gasteiger partial charge on any atom is 0.330 e. The third-order valence-electron chi connectivity index (χ3n) is 3.88. The van der Waals surface area contributed by atoms with Crippen molar-refractivity contribution in [2.24, 2.45) is 5.73 Å². The van der Waals surface area contributed by atoms with Gasteiger partial charge < -0.3 is 39.1 Å². The summed E-state index contributed by atoms with van der Waals surface area (Å²) in [5, 5.41) is -0.471. The van der Waals surface area contributed by atoms with Gasteiger partial charge in [-0.25, -0.2) is 9.11 Å². The minimum Gasteiger partial charge on any atom is -0.790 e. The van der Waals surface area contributed by atoms with Gasteiger partial charge in [0, 0.05) is 35.7 Å². The number of aromatic nitrogens is 2. The number of aryl methyl sites for hydroxylation is 1. The van der Waals surface area contributed by atoms with Crippen LogP contribution in [-0.2, 0) is 31.6 Å². The van der Waals surface area contributed by atoms with E-state index >= 15 is 0 Å². The first kappa shape index (κ1) is 27.6. The van der Waals surface area contributed by atoms with E-state index in [2.05, 4.69) is 18.1 Å². The molecule has 1 saturated heterocycles. The number of nitrogens with two attached hydrogens (primary N) is 1. The van der Waals surface area contributed by atoms with E-state index in [-0.39, 0.29) is 18.5 Å². The highest BCUT2D eigenvalue weighted by molar-refractivity contribution is 8.00. The highest BCUT2D eigenvalue weighted by Crippen LogP contribution is 2.60. The fraction of sp³-hybridized carbons (Fsp3) is 0.667. The van der Waals surface area contributed by atoms with E-state index in [1.165, 1.54) is 24.9 Å². The summed E-state index contributed by atoms with van der Waals surface area (Å²) in [6, 6.07) is 0. The molecule has 16 nitrogen and oxygen atoms in total. The van der Waals surface area contributed by atoms with Gasteiger partial charge in [-0.15, -0.1) is 0 Å². The van der Waals surface area contributed by atoms with Crippen LogP contribution >= 0.6 is 35.2 Å². The van der Waals surface area contributed by atoms with Gasteiger partial charge in [-0.1, -0.05) is 0 Å². The molecule has 3 N–H and O–H groups in total. The standard InChI is InChI=1S/C12H22N3O13P3S/c1-7-5-15(12(17)14-11(7)16)10-4-9(32-3-2-13)8(26-10)6-25-30(21,22)28-31(23,24)27-29(18,19)20/h5,8-10H,2-4,6,13H2,1H3,(H,21,22)(H,23,24)(H,14,16,17)(H2,18,19,20)/p-4/t8-,9+,10-/m1/s1. The van der Waals surface area contributed by atoms with Crippen molar-refractivity contribution in [3.63, 3.8) is 0 Å². The summed E-state index contributed by atoms with van der Waals surface area (Å²) in [6.07, 6.45) is -0.503. The number of phosphoric acid groups is 3. The predicted molar refractivity (Wildman–Crippen MR) is 101 cm³/mol. The monoisotopic (exact) mass is 537 g/mol. The number of ether oxygens (including phenoxy) is 1. The Hall–Kier alpha value is -0.640. The lowest BCUT2D eigenvalue weighted by Gasteiger charge is -2.37. The fourth-order valence-corrected chi connectivity index (χ4v) is 6.63. The number of rotatable bonds is 11. The molecule has 0 radical (unpaired) electrons. The molecular weight excluding hydrogens is 519 g/mol. The zero-order chi connectivity index (χ0) is 24.3. The fourth-order valence-electron chi connectivity index (χ4n) is 2.66. The van der Waals surface area contributed by atoms with E-state index in [0.717, 1.165) is 4.57 Å². The number of nitrogens with zero attached hydrogens (tertiary/aromatic N) is 1. The lowest BCUT2D eigenvalue weighted by molar-refractivity contribution is -0.339. The molecule has 0 bridgehead atoms. The number of hydrogen-bond acceptors (Lipinski definition) is 15. The van der Waals surface area contributed by atoms with Gasteiger partial charge in [0.05, 0.1) is 20.5 Å². The summed E-state index contributed by atoms with van der Waals surface area (Å²) in [5.41, 5.74) is 4.33. The second-order valence-corrected chi connectivity index (χ2v) is 11.9. The van der Waals surface area contributed by atoms with E-state index in [1.807, 2.05) is 0 Å². The maximum atomic E-state index is 12.1. The number of aromatic amines is 1. The Balaban J connectivity index is 2.13. The van der Waals surface area contributed by atoms with Crippen LogP contribution in [0.25, 0.3) is 0 Å². The van der Waals surface area contributed by atoms with E-state index in [1.54, 1.807) is 0 Å². The lowest BCUT2D eigenvalue weighted by Crippen LogP contribution is -2.33.